The van der Waals surface area contributed by atoms with Crippen LogP contribution < -0.4 is 10.1 Å². The van der Waals surface area contributed by atoms with E-state index in [4.69, 9.17) is 9.47 Å². The largest absolute Gasteiger partial charge is 0.493 e. The van der Waals surface area contributed by atoms with Gasteiger partial charge in [-0.15, -0.1) is 0 Å². The molecule has 0 saturated heterocycles. The van der Waals surface area contributed by atoms with Crippen LogP contribution in [0.25, 0.3) is 5.57 Å². The van der Waals surface area contributed by atoms with E-state index < -0.39 is 11.7 Å². The standard InChI is InChI=1S/C24H22F3NO4/c1-14(29)32-21-10-9-18-19(21)5-2-6-20(18)28-23(30)12-15-4-3-11-31-22-13-16(24(25,26)27)7-8-17(15)22/h2,5-8,12-13,21H,3-4,9-11H2,1H3,(H,28,30)/b15-12+. The lowest BCUT2D eigenvalue weighted by molar-refractivity contribution is -0.146. The van der Waals surface area contributed by atoms with Gasteiger partial charge in [-0.05, 0) is 60.6 Å². The first-order chi connectivity index (χ1) is 15.2. The molecular formula is C24H22F3NO4. The predicted octanol–water partition coefficient (Wildman–Crippen LogP) is 5.45. The number of halogens is 3. The number of allylic oxidation sites excluding steroid dienone is 1. The number of carbonyl (C=O) groups excluding carboxylic acids is 2. The summed E-state index contributed by atoms with van der Waals surface area (Å²) >= 11 is 0. The number of ether oxygens (including phenoxy) is 2. The molecule has 1 aliphatic heterocycles. The van der Waals surface area contributed by atoms with E-state index in [0.29, 0.717) is 42.5 Å². The lowest BCUT2D eigenvalue weighted by atomic mass is 9.99. The first-order valence-corrected chi connectivity index (χ1v) is 10.4. The highest BCUT2D eigenvalue weighted by molar-refractivity contribution is 6.05. The fraction of sp³-hybridized carbons (Fsp3) is 0.333. The highest BCUT2D eigenvalue weighted by atomic mass is 19.4. The van der Waals surface area contributed by atoms with Crippen LogP contribution >= 0.6 is 0 Å². The van der Waals surface area contributed by atoms with Crippen LogP contribution in [0.5, 0.6) is 5.75 Å². The summed E-state index contributed by atoms with van der Waals surface area (Å²) in [5.74, 6) is -0.608. The number of nitrogens with one attached hydrogen (secondary N) is 1. The van der Waals surface area contributed by atoms with Crippen LogP contribution in [0, 0.1) is 0 Å². The van der Waals surface area contributed by atoms with E-state index in [9.17, 15) is 22.8 Å². The van der Waals surface area contributed by atoms with Gasteiger partial charge >= 0.3 is 12.1 Å². The first kappa shape index (κ1) is 21.9. The Hall–Kier alpha value is -3.29. The Morgan fingerprint density at radius 1 is 1.19 bits per heavy atom. The van der Waals surface area contributed by atoms with Gasteiger partial charge in [-0.3, -0.25) is 9.59 Å². The second-order valence-corrected chi connectivity index (χ2v) is 7.83. The maximum Gasteiger partial charge on any atom is 0.416 e. The lowest BCUT2D eigenvalue weighted by Crippen LogP contribution is -2.11. The molecule has 1 N–H and O–H groups in total. The minimum atomic E-state index is -4.47. The molecule has 1 unspecified atom stereocenters. The third kappa shape index (κ3) is 4.64. The third-order valence-electron chi connectivity index (χ3n) is 5.59. The monoisotopic (exact) mass is 445 g/mol. The molecular weight excluding hydrogens is 423 g/mol. The molecule has 32 heavy (non-hydrogen) atoms. The number of amides is 1. The fourth-order valence-electron chi connectivity index (χ4n) is 4.20. The van der Waals surface area contributed by atoms with E-state index in [0.717, 1.165) is 23.3 Å². The number of esters is 1. The normalized spacial score (nSPS) is 18.9. The van der Waals surface area contributed by atoms with Crippen molar-refractivity contribution in [3.05, 3.63) is 64.7 Å². The molecule has 0 spiro atoms. The van der Waals surface area contributed by atoms with E-state index in [-0.39, 0.29) is 30.3 Å². The van der Waals surface area contributed by atoms with Crippen molar-refractivity contribution in [3.63, 3.8) is 0 Å². The van der Waals surface area contributed by atoms with E-state index >= 15 is 0 Å². The molecule has 1 heterocycles. The van der Waals surface area contributed by atoms with Crippen molar-refractivity contribution >= 4 is 23.1 Å². The SMILES string of the molecule is CC(=O)OC1CCc2c(NC(=O)/C=C3\CCCOc4cc(C(F)(F)F)ccc43)cccc21. The summed E-state index contributed by atoms with van der Waals surface area (Å²) in [6.07, 6.45) is -0.978. The second-order valence-electron chi connectivity index (χ2n) is 7.83. The van der Waals surface area contributed by atoms with E-state index in [2.05, 4.69) is 5.32 Å². The highest BCUT2D eigenvalue weighted by Gasteiger charge is 2.32. The Bertz CT molecular complexity index is 1090. The van der Waals surface area contributed by atoms with Crippen LogP contribution in [-0.4, -0.2) is 18.5 Å². The fourth-order valence-corrected chi connectivity index (χ4v) is 4.20. The molecule has 5 nitrogen and oxygen atoms in total. The van der Waals surface area contributed by atoms with Crippen molar-refractivity contribution in [2.45, 2.75) is 44.9 Å². The van der Waals surface area contributed by atoms with Gasteiger partial charge in [0, 0.05) is 24.3 Å². The molecule has 2 aromatic rings. The van der Waals surface area contributed by atoms with Gasteiger partial charge in [-0.2, -0.15) is 13.2 Å². The number of hydrogen-bond donors (Lipinski definition) is 1. The maximum absolute atomic E-state index is 13.1. The summed E-state index contributed by atoms with van der Waals surface area (Å²) in [6.45, 7) is 1.64. The maximum atomic E-state index is 13.1. The molecule has 0 bridgehead atoms. The van der Waals surface area contributed by atoms with Gasteiger partial charge in [0.05, 0.1) is 12.2 Å². The van der Waals surface area contributed by atoms with Crippen LogP contribution in [-0.2, 0) is 26.9 Å². The third-order valence-corrected chi connectivity index (χ3v) is 5.59. The van der Waals surface area contributed by atoms with Crippen molar-refractivity contribution in [2.24, 2.45) is 0 Å². The zero-order valence-corrected chi connectivity index (χ0v) is 17.4. The highest BCUT2D eigenvalue weighted by Crippen LogP contribution is 2.39. The number of anilines is 1. The molecule has 0 radical (unpaired) electrons. The quantitative estimate of drug-likeness (QED) is 0.504. The average Bonchev–Trinajstić information content (AvgIpc) is 3.01. The second kappa shape index (κ2) is 8.68. The molecule has 4 rings (SSSR count). The van der Waals surface area contributed by atoms with Crippen LogP contribution in [0.1, 0.15) is 54.5 Å². The van der Waals surface area contributed by atoms with Crippen molar-refractivity contribution < 1.29 is 32.2 Å². The van der Waals surface area contributed by atoms with Crippen molar-refractivity contribution in [1.82, 2.24) is 0 Å². The van der Waals surface area contributed by atoms with Gasteiger partial charge in [-0.25, -0.2) is 0 Å². The van der Waals surface area contributed by atoms with E-state index in [1.54, 1.807) is 12.1 Å². The van der Waals surface area contributed by atoms with Gasteiger partial charge in [0.2, 0.25) is 5.91 Å². The Morgan fingerprint density at radius 2 is 2.00 bits per heavy atom. The van der Waals surface area contributed by atoms with Crippen LogP contribution in [0.15, 0.2) is 42.5 Å². The molecule has 2 aromatic carbocycles. The molecule has 1 atom stereocenters. The van der Waals surface area contributed by atoms with Gasteiger partial charge < -0.3 is 14.8 Å². The molecule has 1 amide bonds. The number of hydrogen-bond acceptors (Lipinski definition) is 4. The average molecular weight is 445 g/mol. The summed E-state index contributed by atoms with van der Waals surface area (Å²) in [6, 6.07) is 8.78. The summed E-state index contributed by atoms with van der Waals surface area (Å²) in [7, 11) is 0. The van der Waals surface area contributed by atoms with Crippen LogP contribution in [0.3, 0.4) is 0 Å². The van der Waals surface area contributed by atoms with Crippen LogP contribution in [0.4, 0.5) is 18.9 Å². The Balaban J connectivity index is 1.58. The number of carbonyl (C=O) groups is 2. The van der Waals surface area contributed by atoms with Gasteiger partial charge in [0.25, 0.3) is 0 Å². The molecule has 168 valence electrons. The minimum Gasteiger partial charge on any atom is -0.493 e. The van der Waals surface area contributed by atoms with E-state index in [1.165, 1.54) is 19.1 Å². The minimum absolute atomic E-state index is 0.126. The molecule has 0 fully saturated rings. The topological polar surface area (TPSA) is 64.6 Å². The summed E-state index contributed by atoms with van der Waals surface area (Å²) in [5.41, 5.74) is 2.75. The number of rotatable bonds is 3. The summed E-state index contributed by atoms with van der Waals surface area (Å²) in [4.78, 5) is 24.1. The molecule has 8 heteroatoms. The molecule has 1 aliphatic carbocycles. The number of alkyl halides is 3. The van der Waals surface area contributed by atoms with Crippen molar-refractivity contribution in [1.29, 1.82) is 0 Å². The van der Waals surface area contributed by atoms with Crippen molar-refractivity contribution in [2.75, 3.05) is 11.9 Å². The summed E-state index contributed by atoms with van der Waals surface area (Å²) < 4.78 is 50.0. The van der Waals surface area contributed by atoms with Crippen molar-refractivity contribution in [3.8, 4) is 5.75 Å². The Labute approximate surface area is 183 Å². The Kier molecular flexibility index (Phi) is 5.95. The first-order valence-electron chi connectivity index (χ1n) is 10.4. The zero-order valence-electron chi connectivity index (χ0n) is 17.4. The van der Waals surface area contributed by atoms with Gasteiger partial charge in [0.15, 0.2) is 0 Å². The Morgan fingerprint density at radius 3 is 2.75 bits per heavy atom. The zero-order chi connectivity index (χ0) is 22.9. The molecule has 0 saturated carbocycles. The predicted molar refractivity (Wildman–Crippen MR) is 112 cm³/mol. The lowest BCUT2D eigenvalue weighted by Gasteiger charge is -2.14. The summed E-state index contributed by atoms with van der Waals surface area (Å²) in [5, 5.41) is 2.87. The number of benzene rings is 2. The van der Waals surface area contributed by atoms with Gasteiger partial charge in [0.1, 0.15) is 11.9 Å². The number of fused-ring (bicyclic) bond motifs is 2. The van der Waals surface area contributed by atoms with Gasteiger partial charge in [-0.1, -0.05) is 18.2 Å². The molecule has 0 aromatic heterocycles. The van der Waals surface area contributed by atoms with E-state index in [1.807, 2.05) is 6.07 Å². The smallest absolute Gasteiger partial charge is 0.416 e. The van der Waals surface area contributed by atoms with Crippen LogP contribution in [0.2, 0.25) is 0 Å². The molecule has 2 aliphatic rings.